The number of carbonyl (C=O) groups excluding carboxylic acids is 1. The van der Waals surface area contributed by atoms with Crippen LogP contribution in [0.3, 0.4) is 0 Å². The predicted octanol–water partition coefficient (Wildman–Crippen LogP) is 6.46. The molecule has 1 amide bonds. The first-order valence-corrected chi connectivity index (χ1v) is 12.2. The van der Waals surface area contributed by atoms with E-state index in [2.05, 4.69) is 11.4 Å². The van der Waals surface area contributed by atoms with Crippen LogP contribution in [0.25, 0.3) is 33.0 Å². The number of anilines is 2. The molecule has 6 rings (SSSR count). The maximum Gasteiger partial charge on any atom is 0.261 e. The monoisotopic (exact) mass is 461 g/mol. The van der Waals surface area contributed by atoms with Gasteiger partial charge in [-0.05, 0) is 55.7 Å². The Labute approximate surface area is 203 Å². The average molecular weight is 462 g/mol. The summed E-state index contributed by atoms with van der Waals surface area (Å²) in [7, 11) is 0. The fourth-order valence-electron chi connectivity index (χ4n) is 5.07. The maximum absolute atomic E-state index is 13.7. The number of fused-ring (bicyclic) bond motifs is 3. The summed E-state index contributed by atoms with van der Waals surface area (Å²) in [6.45, 7) is 0.669. The van der Waals surface area contributed by atoms with Gasteiger partial charge in [-0.3, -0.25) is 4.79 Å². The summed E-state index contributed by atoms with van der Waals surface area (Å²) in [4.78, 5) is 23.4. The Morgan fingerprint density at radius 1 is 0.943 bits per heavy atom. The smallest absolute Gasteiger partial charge is 0.261 e. The number of hydrogen-bond donors (Lipinski definition) is 2. The number of aromatic nitrogens is 3. The fraction of sp³-hybridized carbons (Fsp3) is 0.207. The highest BCUT2D eigenvalue weighted by Crippen LogP contribution is 2.31. The van der Waals surface area contributed by atoms with Crippen LogP contribution < -0.4 is 11.1 Å². The summed E-state index contributed by atoms with van der Waals surface area (Å²) >= 11 is 0. The Morgan fingerprint density at radius 3 is 2.54 bits per heavy atom. The number of hydrogen-bond acceptors (Lipinski definition) is 4. The largest absolute Gasteiger partial charge is 0.384 e. The molecule has 0 radical (unpaired) electrons. The normalized spacial score (nSPS) is 13.9. The number of carbonyl (C=O) groups is 1. The molecule has 1 aliphatic rings. The lowest BCUT2D eigenvalue weighted by Gasteiger charge is -2.14. The van der Waals surface area contributed by atoms with Gasteiger partial charge in [0.25, 0.3) is 5.91 Å². The van der Waals surface area contributed by atoms with E-state index in [4.69, 9.17) is 15.7 Å². The van der Waals surface area contributed by atoms with E-state index in [1.54, 1.807) is 0 Å². The highest BCUT2D eigenvalue weighted by molar-refractivity contribution is 6.17. The molecule has 0 saturated carbocycles. The van der Waals surface area contributed by atoms with Gasteiger partial charge in [-0.1, -0.05) is 60.2 Å². The molecule has 0 bridgehead atoms. The molecule has 5 aromatic rings. The van der Waals surface area contributed by atoms with E-state index in [0.29, 0.717) is 29.1 Å². The van der Waals surface area contributed by atoms with E-state index < -0.39 is 0 Å². The van der Waals surface area contributed by atoms with Crippen LogP contribution in [0, 0.1) is 0 Å². The Bertz CT molecular complexity index is 1610. The number of benzene rings is 3. The second kappa shape index (κ2) is 8.87. The molecule has 0 fully saturated rings. The van der Waals surface area contributed by atoms with E-state index in [-0.39, 0.29) is 5.91 Å². The molecule has 3 aromatic carbocycles. The van der Waals surface area contributed by atoms with Gasteiger partial charge in [-0.25, -0.2) is 9.97 Å². The first-order chi connectivity index (χ1) is 17.2. The summed E-state index contributed by atoms with van der Waals surface area (Å²) in [5.74, 6) is 0.133. The number of nitrogens with one attached hydrogen (secondary N) is 1. The van der Waals surface area contributed by atoms with Crippen LogP contribution in [-0.2, 0) is 6.54 Å². The second-order valence-corrected chi connectivity index (χ2v) is 9.14. The third-order valence-corrected chi connectivity index (χ3v) is 6.90. The summed E-state index contributed by atoms with van der Waals surface area (Å²) in [5, 5.41) is 5.13. The molecule has 0 unspecified atom stereocenters. The molecule has 0 aliphatic heterocycles. The Balaban J connectivity index is 1.45. The Hall–Kier alpha value is -4.19. The summed E-state index contributed by atoms with van der Waals surface area (Å²) in [6, 6.07) is 21.6. The van der Waals surface area contributed by atoms with Crippen molar-refractivity contribution in [1.82, 2.24) is 14.5 Å². The van der Waals surface area contributed by atoms with Gasteiger partial charge >= 0.3 is 0 Å². The topological polar surface area (TPSA) is 85.8 Å². The minimum Gasteiger partial charge on any atom is -0.384 e. The summed E-state index contributed by atoms with van der Waals surface area (Å²) < 4.78 is 1.96. The number of rotatable bonds is 5. The van der Waals surface area contributed by atoms with Crippen LogP contribution in [0.5, 0.6) is 0 Å². The molecular weight excluding hydrogens is 434 g/mol. The van der Waals surface area contributed by atoms with Crippen molar-refractivity contribution in [2.24, 2.45) is 0 Å². The van der Waals surface area contributed by atoms with Gasteiger partial charge in [-0.2, -0.15) is 0 Å². The third kappa shape index (κ3) is 3.91. The molecule has 3 N–H and O–H groups in total. The third-order valence-electron chi connectivity index (χ3n) is 6.90. The number of nitrogens with two attached hydrogens (primary N) is 1. The van der Waals surface area contributed by atoms with E-state index in [1.165, 1.54) is 18.4 Å². The van der Waals surface area contributed by atoms with Gasteiger partial charge in [0, 0.05) is 17.6 Å². The van der Waals surface area contributed by atoms with E-state index in [1.807, 2.05) is 71.3 Å². The maximum atomic E-state index is 13.7. The molecule has 174 valence electrons. The van der Waals surface area contributed by atoms with Crippen molar-refractivity contribution in [1.29, 1.82) is 0 Å². The van der Waals surface area contributed by atoms with Crippen LogP contribution in [0.2, 0.25) is 0 Å². The SMILES string of the molecule is Nc1c(C(=O)Nc2cccc3ccccc23)c2nc3ccccc3nc2n1CCC1=CCCCC1. The van der Waals surface area contributed by atoms with Crippen LogP contribution in [-0.4, -0.2) is 20.4 Å². The Kier molecular flexibility index (Phi) is 5.41. The van der Waals surface area contributed by atoms with Gasteiger partial charge in [0.1, 0.15) is 16.9 Å². The summed E-state index contributed by atoms with van der Waals surface area (Å²) in [6.07, 6.45) is 8.00. The van der Waals surface area contributed by atoms with Gasteiger partial charge in [0.15, 0.2) is 5.65 Å². The first kappa shape index (κ1) is 21.4. The van der Waals surface area contributed by atoms with Crippen LogP contribution in [0.4, 0.5) is 11.5 Å². The molecule has 1 aliphatic carbocycles. The van der Waals surface area contributed by atoms with Crippen molar-refractivity contribution in [2.75, 3.05) is 11.1 Å². The van der Waals surface area contributed by atoms with Crippen LogP contribution in [0.15, 0.2) is 78.4 Å². The number of aryl methyl sites for hydroxylation is 1. The molecule has 35 heavy (non-hydrogen) atoms. The molecule has 0 spiro atoms. The van der Waals surface area contributed by atoms with E-state index in [9.17, 15) is 4.79 Å². The van der Waals surface area contributed by atoms with Gasteiger partial charge in [0.05, 0.1) is 11.0 Å². The van der Waals surface area contributed by atoms with Gasteiger partial charge in [-0.15, -0.1) is 0 Å². The molecular formula is C29H27N5O. The minimum absolute atomic E-state index is 0.274. The number of amides is 1. The zero-order chi connectivity index (χ0) is 23.8. The predicted molar refractivity (Wildman–Crippen MR) is 143 cm³/mol. The molecule has 0 saturated heterocycles. The molecule has 6 nitrogen and oxygen atoms in total. The number of nitrogen functional groups attached to an aromatic ring is 1. The number of allylic oxidation sites excluding steroid dienone is 2. The highest BCUT2D eigenvalue weighted by atomic mass is 16.1. The standard InChI is InChI=1S/C29H27N5O/c30-27-25(29(35)33-22-16-8-12-20-11-4-5-13-21(20)22)26-28(32-24-15-7-6-14-23(24)31-26)34(27)18-17-19-9-2-1-3-10-19/h4-9,11-16H,1-3,10,17-18,30H2,(H,33,35). The van der Waals surface area contributed by atoms with E-state index >= 15 is 0 Å². The van der Waals surface area contributed by atoms with Crippen molar-refractivity contribution < 1.29 is 4.79 Å². The lowest BCUT2D eigenvalue weighted by Crippen LogP contribution is -2.15. The Morgan fingerprint density at radius 2 is 1.71 bits per heavy atom. The molecule has 6 heteroatoms. The van der Waals surface area contributed by atoms with Crippen molar-refractivity contribution >= 4 is 50.4 Å². The fourth-order valence-corrected chi connectivity index (χ4v) is 5.07. The van der Waals surface area contributed by atoms with Crippen LogP contribution in [0.1, 0.15) is 42.5 Å². The quantitative estimate of drug-likeness (QED) is 0.294. The van der Waals surface area contributed by atoms with E-state index in [0.717, 1.165) is 46.8 Å². The molecule has 0 atom stereocenters. The lowest BCUT2D eigenvalue weighted by atomic mass is 9.97. The minimum atomic E-state index is -0.274. The zero-order valence-electron chi connectivity index (χ0n) is 19.5. The molecule has 2 heterocycles. The summed E-state index contributed by atoms with van der Waals surface area (Å²) in [5.41, 5.74) is 12.0. The van der Waals surface area contributed by atoms with Crippen molar-refractivity contribution in [3.8, 4) is 0 Å². The molecule has 2 aromatic heterocycles. The van der Waals surface area contributed by atoms with Crippen molar-refractivity contribution in [2.45, 2.75) is 38.6 Å². The van der Waals surface area contributed by atoms with Gasteiger partial charge < -0.3 is 15.6 Å². The van der Waals surface area contributed by atoms with Crippen LogP contribution >= 0.6 is 0 Å². The second-order valence-electron chi connectivity index (χ2n) is 9.14. The average Bonchev–Trinajstić information content (AvgIpc) is 3.16. The van der Waals surface area contributed by atoms with Crippen molar-refractivity contribution in [3.63, 3.8) is 0 Å². The van der Waals surface area contributed by atoms with Gasteiger partial charge in [0.2, 0.25) is 0 Å². The first-order valence-electron chi connectivity index (χ1n) is 12.2. The zero-order valence-corrected chi connectivity index (χ0v) is 19.5. The number of nitrogens with zero attached hydrogens (tertiary/aromatic N) is 3. The highest BCUT2D eigenvalue weighted by Gasteiger charge is 2.24. The number of para-hydroxylation sites is 2. The lowest BCUT2D eigenvalue weighted by molar-refractivity contribution is 0.102. The van der Waals surface area contributed by atoms with Crippen molar-refractivity contribution in [3.05, 3.63) is 83.9 Å².